The Hall–Kier alpha value is -3.69. The van der Waals surface area contributed by atoms with Crippen molar-refractivity contribution in [2.75, 3.05) is 0 Å². The van der Waals surface area contributed by atoms with Gasteiger partial charge in [-0.3, -0.25) is 14.9 Å². The third-order valence-electron chi connectivity index (χ3n) is 2.88. The van der Waals surface area contributed by atoms with Gasteiger partial charge in [-0.15, -0.1) is 0 Å². The number of nitrogens with zero attached hydrogens (tertiary/aromatic N) is 2. The van der Waals surface area contributed by atoms with Crippen LogP contribution in [0.4, 0.5) is 10.1 Å². The number of amides is 1. The fraction of sp³-hybridized carbons (Fsp3) is 0. The molecule has 0 bridgehead atoms. The number of hydrazone groups is 1. The van der Waals surface area contributed by atoms with E-state index in [4.69, 9.17) is 0 Å². The van der Waals surface area contributed by atoms with E-state index in [1.807, 2.05) is 5.43 Å². The van der Waals surface area contributed by atoms with E-state index in [1.165, 1.54) is 6.07 Å². The van der Waals surface area contributed by atoms with Crippen LogP contribution in [0.5, 0.6) is 17.2 Å². The third kappa shape index (κ3) is 3.55. The highest BCUT2D eigenvalue weighted by molar-refractivity contribution is 5.96. The number of carbonyl (C=O) groups excluding carboxylic acids is 1. The van der Waals surface area contributed by atoms with Crippen molar-refractivity contribution in [2.45, 2.75) is 0 Å². The SMILES string of the molecule is O=C(N/N=C/c1ccc(F)c([N+](=O)[O-])c1)c1cc(O)c(O)c(O)c1. The first-order valence-electron chi connectivity index (χ1n) is 6.32. The van der Waals surface area contributed by atoms with Crippen molar-refractivity contribution in [2.24, 2.45) is 5.10 Å². The van der Waals surface area contributed by atoms with Crippen molar-refractivity contribution in [3.05, 3.63) is 57.4 Å². The van der Waals surface area contributed by atoms with E-state index in [0.29, 0.717) is 0 Å². The van der Waals surface area contributed by atoms with Crippen LogP contribution in [0.3, 0.4) is 0 Å². The average Bonchev–Trinajstić information content (AvgIpc) is 2.53. The summed E-state index contributed by atoms with van der Waals surface area (Å²) >= 11 is 0. The lowest BCUT2D eigenvalue weighted by Gasteiger charge is -2.04. The van der Waals surface area contributed by atoms with Gasteiger partial charge >= 0.3 is 5.69 Å². The van der Waals surface area contributed by atoms with Gasteiger partial charge in [-0.2, -0.15) is 9.49 Å². The van der Waals surface area contributed by atoms with Gasteiger partial charge in [-0.05, 0) is 24.3 Å². The van der Waals surface area contributed by atoms with E-state index >= 15 is 0 Å². The van der Waals surface area contributed by atoms with E-state index in [-0.39, 0.29) is 11.1 Å². The zero-order valence-electron chi connectivity index (χ0n) is 11.8. The maximum Gasteiger partial charge on any atom is 0.305 e. The predicted molar refractivity (Wildman–Crippen MR) is 79.6 cm³/mol. The standard InChI is InChI=1S/C14H10FN3O6/c15-9-2-1-7(3-10(9)18(23)24)6-16-17-14(22)8-4-11(19)13(21)12(20)5-8/h1-6,19-21H,(H,17,22)/b16-6+. The summed E-state index contributed by atoms with van der Waals surface area (Å²) in [5, 5.41) is 42.0. The van der Waals surface area contributed by atoms with E-state index in [0.717, 1.165) is 30.5 Å². The van der Waals surface area contributed by atoms with Crippen LogP contribution in [0.2, 0.25) is 0 Å². The minimum atomic E-state index is -1.00. The number of phenolic OH excluding ortho intramolecular Hbond substituents is 3. The number of benzene rings is 2. The van der Waals surface area contributed by atoms with Crippen LogP contribution in [-0.2, 0) is 0 Å². The Morgan fingerprint density at radius 3 is 2.42 bits per heavy atom. The highest BCUT2D eigenvalue weighted by Crippen LogP contribution is 2.35. The largest absolute Gasteiger partial charge is 0.504 e. The molecule has 9 nitrogen and oxygen atoms in total. The molecule has 0 saturated carbocycles. The van der Waals surface area contributed by atoms with Crippen LogP contribution in [0, 0.1) is 15.9 Å². The maximum atomic E-state index is 13.2. The molecule has 0 heterocycles. The molecule has 0 spiro atoms. The first kappa shape index (κ1) is 16.7. The average molecular weight is 335 g/mol. The second kappa shape index (κ2) is 6.60. The Morgan fingerprint density at radius 1 is 1.21 bits per heavy atom. The lowest BCUT2D eigenvalue weighted by Crippen LogP contribution is -2.17. The Bertz CT molecular complexity index is 829. The second-order valence-corrected chi connectivity index (χ2v) is 4.53. The summed E-state index contributed by atoms with van der Waals surface area (Å²) in [6.45, 7) is 0. The van der Waals surface area contributed by atoms with Crippen LogP contribution in [0.25, 0.3) is 0 Å². The van der Waals surface area contributed by atoms with Gasteiger partial charge in [-0.1, -0.05) is 0 Å². The van der Waals surface area contributed by atoms with Gasteiger partial charge in [0.1, 0.15) is 0 Å². The molecule has 0 aliphatic rings. The molecule has 0 aromatic heterocycles. The van der Waals surface area contributed by atoms with Gasteiger partial charge in [0.25, 0.3) is 5.91 Å². The summed E-state index contributed by atoms with van der Waals surface area (Å²) in [6, 6.07) is 4.85. The van der Waals surface area contributed by atoms with Crippen LogP contribution in [0.1, 0.15) is 15.9 Å². The highest BCUT2D eigenvalue weighted by Gasteiger charge is 2.14. The molecule has 1 amide bonds. The van der Waals surface area contributed by atoms with E-state index in [1.54, 1.807) is 0 Å². The molecule has 0 unspecified atom stereocenters. The number of rotatable bonds is 4. The molecule has 0 fully saturated rings. The smallest absolute Gasteiger partial charge is 0.305 e. The molecule has 0 aliphatic carbocycles. The number of aromatic hydroxyl groups is 3. The number of nitro groups is 1. The summed E-state index contributed by atoms with van der Waals surface area (Å²) in [7, 11) is 0. The van der Waals surface area contributed by atoms with Crippen molar-refractivity contribution < 1.29 is 29.4 Å². The van der Waals surface area contributed by atoms with Crippen LogP contribution < -0.4 is 5.43 Å². The minimum Gasteiger partial charge on any atom is -0.504 e. The van der Waals surface area contributed by atoms with Gasteiger partial charge in [-0.25, -0.2) is 5.43 Å². The van der Waals surface area contributed by atoms with Crippen molar-refractivity contribution in [1.29, 1.82) is 0 Å². The van der Waals surface area contributed by atoms with Crippen LogP contribution >= 0.6 is 0 Å². The van der Waals surface area contributed by atoms with Gasteiger partial charge in [0.15, 0.2) is 17.2 Å². The quantitative estimate of drug-likeness (QED) is 0.289. The summed E-state index contributed by atoms with van der Waals surface area (Å²) in [6.07, 6.45) is 1.05. The van der Waals surface area contributed by atoms with Crippen molar-refractivity contribution >= 4 is 17.8 Å². The Morgan fingerprint density at radius 2 is 1.83 bits per heavy atom. The highest BCUT2D eigenvalue weighted by atomic mass is 19.1. The lowest BCUT2D eigenvalue weighted by atomic mass is 10.2. The van der Waals surface area contributed by atoms with Gasteiger partial charge in [0, 0.05) is 17.2 Å². The van der Waals surface area contributed by atoms with Crippen molar-refractivity contribution in [1.82, 2.24) is 5.43 Å². The van der Waals surface area contributed by atoms with Gasteiger partial charge in [0.05, 0.1) is 11.1 Å². The number of phenols is 3. The van der Waals surface area contributed by atoms with E-state index in [9.17, 15) is 34.6 Å². The summed E-state index contributed by atoms with van der Waals surface area (Å²) in [4.78, 5) is 21.5. The Kier molecular flexibility index (Phi) is 4.59. The topological polar surface area (TPSA) is 145 Å². The zero-order chi connectivity index (χ0) is 17.9. The lowest BCUT2D eigenvalue weighted by molar-refractivity contribution is -0.387. The summed E-state index contributed by atoms with van der Waals surface area (Å²) in [5.41, 5.74) is 1.29. The first-order valence-corrected chi connectivity index (χ1v) is 6.32. The molecule has 0 aliphatic heterocycles. The van der Waals surface area contributed by atoms with E-state index < -0.39 is 39.6 Å². The van der Waals surface area contributed by atoms with Crippen LogP contribution in [-0.4, -0.2) is 32.4 Å². The molecule has 2 aromatic carbocycles. The number of hydrogen-bond acceptors (Lipinski definition) is 7. The van der Waals surface area contributed by atoms with Crippen molar-refractivity contribution in [3.63, 3.8) is 0 Å². The Labute approximate surface area is 133 Å². The molecule has 0 radical (unpaired) electrons. The minimum absolute atomic E-state index is 0.166. The van der Waals surface area contributed by atoms with Crippen LogP contribution in [0.15, 0.2) is 35.4 Å². The predicted octanol–water partition coefficient (Wildman–Crippen LogP) is 1.61. The van der Waals surface area contributed by atoms with Gasteiger partial charge in [0.2, 0.25) is 5.82 Å². The molecule has 4 N–H and O–H groups in total. The van der Waals surface area contributed by atoms with E-state index in [2.05, 4.69) is 5.10 Å². The normalized spacial score (nSPS) is 10.7. The fourth-order valence-corrected chi connectivity index (χ4v) is 1.72. The summed E-state index contributed by atoms with van der Waals surface area (Å²) < 4.78 is 13.2. The number of halogens is 1. The molecular weight excluding hydrogens is 325 g/mol. The molecule has 0 atom stereocenters. The number of nitrogens with one attached hydrogen (secondary N) is 1. The molecule has 124 valence electrons. The Balaban J connectivity index is 2.13. The van der Waals surface area contributed by atoms with Crippen molar-refractivity contribution in [3.8, 4) is 17.2 Å². The van der Waals surface area contributed by atoms with Gasteiger partial charge < -0.3 is 15.3 Å². The molecule has 2 aromatic rings. The number of nitro benzene ring substituents is 1. The zero-order valence-corrected chi connectivity index (χ0v) is 11.8. The molecule has 24 heavy (non-hydrogen) atoms. The number of hydrogen-bond donors (Lipinski definition) is 4. The monoisotopic (exact) mass is 335 g/mol. The molecule has 0 saturated heterocycles. The molecular formula is C14H10FN3O6. The first-order chi connectivity index (χ1) is 11.3. The second-order valence-electron chi connectivity index (χ2n) is 4.53. The number of carbonyl (C=O) groups is 1. The molecule has 2 rings (SSSR count). The maximum absolute atomic E-state index is 13.2. The summed E-state index contributed by atoms with van der Waals surface area (Å²) in [5.74, 6) is -3.99. The molecule has 10 heteroatoms. The third-order valence-corrected chi connectivity index (χ3v) is 2.88. The fourth-order valence-electron chi connectivity index (χ4n) is 1.72.